The summed E-state index contributed by atoms with van der Waals surface area (Å²) in [7, 11) is 1.41. The molecule has 7 heavy (non-hydrogen) atoms. The molecule has 0 aliphatic rings. The summed E-state index contributed by atoms with van der Waals surface area (Å²) in [4.78, 5) is 8.80. The summed E-state index contributed by atoms with van der Waals surface area (Å²) in [6.45, 7) is 0. The number of rotatable bonds is 2. The maximum atomic E-state index is 8.80. The van der Waals surface area contributed by atoms with Crippen LogP contribution in [0.2, 0.25) is 0 Å². The van der Waals surface area contributed by atoms with Gasteiger partial charge < -0.3 is 9.42 Å². The first-order valence-electron chi connectivity index (χ1n) is 1.56. The highest BCUT2D eigenvalue weighted by Crippen LogP contribution is 2.53. The van der Waals surface area contributed by atoms with Gasteiger partial charge in [-0.1, -0.05) is 11.4 Å². The predicted octanol–water partition coefficient (Wildman–Crippen LogP) is 1.21. The Hall–Kier alpha value is 0.920. The fourth-order valence-corrected chi connectivity index (χ4v) is 0.671. The van der Waals surface area contributed by atoms with Crippen molar-refractivity contribution < 1.29 is 9.42 Å². The van der Waals surface area contributed by atoms with Crippen molar-refractivity contribution >= 4 is 28.9 Å². The molecular weight excluding hydrogens is 151 g/mol. The van der Waals surface area contributed by atoms with Gasteiger partial charge in [0.2, 0.25) is 5.69 Å². The maximum Gasteiger partial charge on any atom is 0.244 e. The van der Waals surface area contributed by atoms with Gasteiger partial charge in [0.15, 0.2) is 0 Å². The smallest absolute Gasteiger partial charge is 0.244 e. The first-order valence-corrected chi connectivity index (χ1v) is 6.07. The van der Waals surface area contributed by atoms with E-state index >= 15 is 0 Å². The van der Waals surface area contributed by atoms with Crippen molar-refractivity contribution in [2.24, 2.45) is 0 Å². The van der Waals surface area contributed by atoms with Gasteiger partial charge in [-0.2, -0.15) is 0 Å². The molecule has 0 spiro atoms. The second kappa shape index (κ2) is 3.05. The summed E-state index contributed by atoms with van der Waals surface area (Å²) in [6.07, 6.45) is 1.73. The van der Waals surface area contributed by atoms with E-state index in [0.29, 0.717) is 0 Å². The van der Waals surface area contributed by atoms with Crippen LogP contribution in [0.3, 0.4) is 0 Å². The van der Waals surface area contributed by atoms with E-state index in [1.807, 2.05) is 0 Å². The minimum absolute atomic E-state index is 1.19. The van der Waals surface area contributed by atoms with Crippen molar-refractivity contribution in [2.45, 2.75) is 0 Å². The standard InChI is InChI=1S/C2H7O2PS2/c1-4-5(3,6)7-2/h1-2H3,(H,3,6). The van der Waals surface area contributed by atoms with Gasteiger partial charge in [-0.25, -0.2) is 0 Å². The van der Waals surface area contributed by atoms with Crippen molar-refractivity contribution in [1.29, 1.82) is 0 Å². The third-order valence-electron chi connectivity index (χ3n) is 0.461. The molecule has 0 aromatic carbocycles. The first-order chi connectivity index (χ1) is 3.12. The highest BCUT2D eigenvalue weighted by molar-refractivity contribution is 8.67. The van der Waals surface area contributed by atoms with Crippen LogP contribution in [-0.4, -0.2) is 18.3 Å². The Kier molecular flexibility index (Phi) is 3.45. The van der Waals surface area contributed by atoms with E-state index < -0.39 is 5.69 Å². The molecule has 0 bridgehead atoms. The van der Waals surface area contributed by atoms with Gasteiger partial charge in [0.05, 0.1) is 0 Å². The Morgan fingerprint density at radius 2 is 2.29 bits per heavy atom. The van der Waals surface area contributed by atoms with E-state index in [0.717, 1.165) is 0 Å². The zero-order valence-electron chi connectivity index (χ0n) is 4.12. The summed E-state index contributed by atoms with van der Waals surface area (Å²) in [5, 5.41) is 0. The Bertz CT molecular complexity index is 85.7. The highest BCUT2D eigenvalue weighted by atomic mass is 32.9. The highest BCUT2D eigenvalue weighted by Gasteiger charge is 2.05. The van der Waals surface area contributed by atoms with Gasteiger partial charge in [0, 0.05) is 7.11 Å². The Morgan fingerprint density at radius 3 is 2.29 bits per heavy atom. The normalized spacial score (nSPS) is 18.7. The van der Waals surface area contributed by atoms with Crippen molar-refractivity contribution in [3.63, 3.8) is 0 Å². The van der Waals surface area contributed by atoms with Crippen molar-refractivity contribution in [2.75, 3.05) is 13.4 Å². The molecule has 0 saturated heterocycles. The zero-order chi connectivity index (χ0) is 5.91. The lowest BCUT2D eigenvalue weighted by Gasteiger charge is -2.05. The van der Waals surface area contributed by atoms with Crippen LogP contribution in [0.25, 0.3) is 0 Å². The van der Waals surface area contributed by atoms with E-state index in [1.54, 1.807) is 6.26 Å². The second-order valence-electron chi connectivity index (χ2n) is 0.834. The lowest BCUT2D eigenvalue weighted by atomic mass is 11.8. The lowest BCUT2D eigenvalue weighted by Crippen LogP contribution is -1.72. The molecule has 0 aliphatic heterocycles. The van der Waals surface area contributed by atoms with E-state index in [2.05, 4.69) is 16.3 Å². The van der Waals surface area contributed by atoms with Crippen molar-refractivity contribution in [3.05, 3.63) is 0 Å². The SMILES string of the molecule is COP(O)(=S)SC. The van der Waals surface area contributed by atoms with Gasteiger partial charge >= 0.3 is 0 Å². The van der Waals surface area contributed by atoms with Gasteiger partial charge in [-0.15, -0.1) is 0 Å². The third-order valence-corrected chi connectivity index (χ3v) is 5.00. The molecule has 0 aromatic rings. The zero-order valence-corrected chi connectivity index (χ0v) is 6.65. The molecule has 0 heterocycles. The van der Waals surface area contributed by atoms with E-state index in [1.165, 1.54) is 18.5 Å². The molecule has 0 aromatic heterocycles. The predicted molar refractivity (Wildman–Crippen MR) is 37.0 cm³/mol. The van der Waals surface area contributed by atoms with Gasteiger partial charge in [-0.3, -0.25) is 0 Å². The quantitative estimate of drug-likeness (QED) is 0.612. The average molecular weight is 158 g/mol. The topological polar surface area (TPSA) is 29.5 Å². The molecule has 0 radical (unpaired) electrons. The van der Waals surface area contributed by atoms with Crippen LogP contribution in [0.4, 0.5) is 0 Å². The molecule has 1 N–H and O–H groups in total. The molecule has 0 rings (SSSR count). The van der Waals surface area contributed by atoms with Crippen LogP contribution < -0.4 is 0 Å². The van der Waals surface area contributed by atoms with Crippen molar-refractivity contribution in [3.8, 4) is 0 Å². The summed E-state index contributed by atoms with van der Waals surface area (Å²) in [6, 6.07) is 0. The first kappa shape index (κ1) is 7.92. The van der Waals surface area contributed by atoms with Crippen LogP contribution in [0.15, 0.2) is 0 Å². The monoisotopic (exact) mass is 158 g/mol. The molecule has 1 unspecified atom stereocenters. The number of hydrogen-bond acceptors (Lipinski definition) is 3. The molecule has 1 atom stereocenters. The molecule has 44 valence electrons. The minimum Gasteiger partial charge on any atom is -0.337 e. The third kappa shape index (κ3) is 3.50. The molecular formula is C2H7O2PS2. The average Bonchev–Trinajstić information content (AvgIpc) is 1.68. The molecule has 0 aliphatic carbocycles. The summed E-state index contributed by atoms with van der Waals surface area (Å²) >= 11 is 5.74. The van der Waals surface area contributed by atoms with E-state index in [9.17, 15) is 0 Å². The van der Waals surface area contributed by atoms with Crippen LogP contribution >= 0.6 is 17.1 Å². The summed E-state index contributed by atoms with van der Waals surface area (Å²) in [5.41, 5.74) is -2.40. The van der Waals surface area contributed by atoms with Crippen LogP contribution in [0.5, 0.6) is 0 Å². The maximum absolute atomic E-state index is 8.80. The fraction of sp³-hybridized carbons (Fsp3) is 1.00. The summed E-state index contributed by atoms with van der Waals surface area (Å²) < 4.78 is 4.53. The Labute approximate surface area is 52.2 Å². The van der Waals surface area contributed by atoms with Crippen LogP contribution in [0, 0.1) is 0 Å². The number of hydrogen-bond donors (Lipinski definition) is 1. The van der Waals surface area contributed by atoms with Gasteiger partial charge in [0.25, 0.3) is 0 Å². The van der Waals surface area contributed by atoms with E-state index in [4.69, 9.17) is 4.89 Å². The lowest BCUT2D eigenvalue weighted by molar-refractivity contribution is 0.405. The van der Waals surface area contributed by atoms with Gasteiger partial charge in [-0.05, 0) is 18.1 Å². The van der Waals surface area contributed by atoms with Gasteiger partial charge in [0.1, 0.15) is 0 Å². The molecule has 0 fully saturated rings. The molecule has 0 saturated carbocycles. The molecule has 5 heteroatoms. The fourth-order valence-electron chi connectivity index (χ4n) is 0.0745. The Morgan fingerprint density at radius 1 is 1.86 bits per heavy atom. The second-order valence-corrected chi connectivity index (χ2v) is 7.26. The molecule has 0 amide bonds. The van der Waals surface area contributed by atoms with Crippen LogP contribution in [-0.2, 0) is 16.3 Å². The van der Waals surface area contributed by atoms with Crippen LogP contribution in [0.1, 0.15) is 0 Å². The largest absolute Gasteiger partial charge is 0.337 e. The summed E-state index contributed by atoms with van der Waals surface area (Å²) in [5.74, 6) is 0. The van der Waals surface area contributed by atoms with E-state index in [-0.39, 0.29) is 0 Å². The minimum atomic E-state index is -2.40. The Balaban J connectivity index is 3.61. The molecule has 2 nitrogen and oxygen atoms in total. The van der Waals surface area contributed by atoms with Crippen molar-refractivity contribution in [1.82, 2.24) is 0 Å².